The summed E-state index contributed by atoms with van der Waals surface area (Å²) < 4.78 is 37.2. The Labute approximate surface area is 98.9 Å². The molecule has 0 heterocycles. The Bertz CT molecular complexity index is 260. The molecule has 0 aromatic carbocycles. The second-order valence-electron chi connectivity index (χ2n) is 4.27. The fraction of sp³-hybridized carbons (Fsp3) is 0.900. The van der Waals surface area contributed by atoms with Crippen LogP contribution in [0.4, 0.5) is 13.2 Å². The Kier molecular flexibility index (Phi) is 5.91. The summed E-state index contributed by atoms with van der Waals surface area (Å²) in [6, 6.07) is -1.33. The van der Waals surface area contributed by atoms with E-state index in [4.69, 9.17) is 11.5 Å². The molecule has 0 aliphatic heterocycles. The molecule has 102 valence electrons. The maximum atomic E-state index is 12.4. The van der Waals surface area contributed by atoms with Crippen LogP contribution in [-0.2, 0) is 0 Å². The van der Waals surface area contributed by atoms with Crippen molar-refractivity contribution in [1.82, 2.24) is 0 Å². The molecule has 4 nitrogen and oxygen atoms in total. The summed E-state index contributed by atoms with van der Waals surface area (Å²) in [6.07, 6.45) is -3.57. The van der Waals surface area contributed by atoms with Crippen molar-refractivity contribution >= 4 is 5.84 Å². The third-order valence-corrected chi connectivity index (χ3v) is 2.58. The smallest absolute Gasteiger partial charge is 0.388 e. The quantitative estimate of drug-likeness (QED) is 0.378. The first-order valence-electron chi connectivity index (χ1n) is 5.40. The van der Waals surface area contributed by atoms with Gasteiger partial charge in [-0.2, -0.15) is 13.2 Å². The number of hydrogen-bond donors (Lipinski definition) is 3. The number of aliphatic hydroxyl groups is 1. The van der Waals surface area contributed by atoms with Crippen LogP contribution in [0.1, 0.15) is 33.1 Å². The van der Waals surface area contributed by atoms with Gasteiger partial charge < -0.3 is 16.6 Å². The van der Waals surface area contributed by atoms with Crippen molar-refractivity contribution in [2.24, 2.45) is 16.5 Å². The lowest BCUT2D eigenvalue weighted by atomic mass is 9.92. The van der Waals surface area contributed by atoms with Gasteiger partial charge in [-0.05, 0) is 33.1 Å². The zero-order valence-electron chi connectivity index (χ0n) is 10.1. The Morgan fingerprint density at radius 1 is 1.35 bits per heavy atom. The van der Waals surface area contributed by atoms with Crippen molar-refractivity contribution in [3.8, 4) is 0 Å². The van der Waals surface area contributed by atoms with Gasteiger partial charge in [0, 0.05) is 12.6 Å². The summed E-state index contributed by atoms with van der Waals surface area (Å²) in [5.41, 5.74) is 7.80. The van der Waals surface area contributed by atoms with Gasteiger partial charge in [0.15, 0.2) is 5.60 Å². The molecule has 0 saturated carbocycles. The number of amidine groups is 1. The highest BCUT2D eigenvalue weighted by molar-refractivity contribution is 5.77. The number of hydrogen-bond acceptors (Lipinski definition) is 3. The molecule has 2 atom stereocenters. The molecule has 0 rings (SSSR count). The molecule has 7 heteroatoms. The molecule has 0 radical (unpaired) electrons. The van der Waals surface area contributed by atoms with Gasteiger partial charge in [0.1, 0.15) is 0 Å². The predicted octanol–water partition coefficient (Wildman–Crippen LogP) is 1.17. The SMILES string of the molecule is CC(N)=NCCCCC(N)C(C)(O)C(F)(F)F. The van der Waals surface area contributed by atoms with Crippen LogP contribution in [-0.4, -0.2) is 35.3 Å². The normalized spacial score (nSPS) is 18.9. The van der Waals surface area contributed by atoms with Crippen LogP contribution in [0, 0.1) is 0 Å². The van der Waals surface area contributed by atoms with E-state index in [1.807, 2.05) is 0 Å². The molecule has 0 bridgehead atoms. The predicted molar refractivity (Wildman–Crippen MR) is 60.7 cm³/mol. The van der Waals surface area contributed by atoms with E-state index < -0.39 is 17.8 Å². The summed E-state index contributed by atoms with van der Waals surface area (Å²) in [7, 11) is 0. The monoisotopic (exact) mass is 255 g/mol. The largest absolute Gasteiger partial charge is 0.418 e. The highest BCUT2D eigenvalue weighted by Crippen LogP contribution is 2.33. The number of nitrogens with two attached hydrogens (primary N) is 2. The van der Waals surface area contributed by atoms with Crippen LogP contribution in [0.2, 0.25) is 0 Å². The second kappa shape index (κ2) is 6.20. The lowest BCUT2D eigenvalue weighted by Crippen LogP contribution is -2.55. The number of rotatable bonds is 6. The third-order valence-electron chi connectivity index (χ3n) is 2.58. The number of halogens is 3. The van der Waals surface area contributed by atoms with Crippen molar-refractivity contribution in [3.05, 3.63) is 0 Å². The molecule has 5 N–H and O–H groups in total. The van der Waals surface area contributed by atoms with E-state index in [9.17, 15) is 18.3 Å². The van der Waals surface area contributed by atoms with Crippen LogP contribution in [0.25, 0.3) is 0 Å². The average Bonchev–Trinajstić information content (AvgIpc) is 2.14. The first kappa shape index (κ1) is 16.2. The van der Waals surface area contributed by atoms with E-state index >= 15 is 0 Å². The van der Waals surface area contributed by atoms with E-state index in [0.717, 1.165) is 0 Å². The molecule has 0 aliphatic rings. The summed E-state index contributed by atoms with van der Waals surface area (Å²) in [4.78, 5) is 3.90. The summed E-state index contributed by atoms with van der Waals surface area (Å²) in [6.45, 7) is 2.79. The highest BCUT2D eigenvalue weighted by atomic mass is 19.4. The number of aliphatic imine (C=N–C) groups is 1. The fourth-order valence-electron chi connectivity index (χ4n) is 1.22. The second-order valence-corrected chi connectivity index (χ2v) is 4.27. The summed E-state index contributed by atoms with van der Waals surface area (Å²) in [5.74, 6) is 0.441. The van der Waals surface area contributed by atoms with Crippen LogP contribution in [0.5, 0.6) is 0 Å². The Hall–Kier alpha value is -0.820. The van der Waals surface area contributed by atoms with E-state index in [2.05, 4.69) is 4.99 Å². The average molecular weight is 255 g/mol. The van der Waals surface area contributed by atoms with Gasteiger partial charge in [-0.1, -0.05) is 0 Å². The van der Waals surface area contributed by atoms with Gasteiger partial charge in [-0.3, -0.25) is 4.99 Å². The van der Waals surface area contributed by atoms with Crippen molar-refractivity contribution < 1.29 is 18.3 Å². The first-order chi connectivity index (χ1) is 7.59. The van der Waals surface area contributed by atoms with Crippen LogP contribution in [0.15, 0.2) is 4.99 Å². The van der Waals surface area contributed by atoms with Gasteiger partial charge in [0.2, 0.25) is 0 Å². The maximum absolute atomic E-state index is 12.4. The molecule has 0 spiro atoms. The Morgan fingerprint density at radius 3 is 2.29 bits per heavy atom. The van der Waals surface area contributed by atoms with Crippen LogP contribution in [0.3, 0.4) is 0 Å². The van der Waals surface area contributed by atoms with Gasteiger partial charge in [0.05, 0.1) is 5.84 Å². The van der Waals surface area contributed by atoms with Crippen LogP contribution >= 0.6 is 0 Å². The third kappa shape index (κ3) is 5.36. The Morgan fingerprint density at radius 2 is 1.88 bits per heavy atom. The van der Waals surface area contributed by atoms with Crippen LogP contribution < -0.4 is 11.5 Å². The standard InChI is InChI=1S/C10H20F3N3O/c1-7(14)16-6-4-3-5-8(15)9(2,17)10(11,12)13/h8,17H,3-6,15H2,1-2H3,(H2,14,16). The molecular formula is C10H20F3N3O. The number of unbranched alkanes of at least 4 members (excludes halogenated alkanes) is 1. The van der Waals surface area contributed by atoms with Gasteiger partial charge >= 0.3 is 6.18 Å². The van der Waals surface area contributed by atoms with Gasteiger partial charge in [-0.15, -0.1) is 0 Å². The maximum Gasteiger partial charge on any atom is 0.418 e. The lowest BCUT2D eigenvalue weighted by Gasteiger charge is -2.32. The number of alkyl halides is 3. The zero-order chi connectivity index (χ0) is 13.7. The summed E-state index contributed by atoms with van der Waals surface area (Å²) >= 11 is 0. The molecule has 0 aliphatic carbocycles. The Balaban J connectivity index is 4.03. The summed E-state index contributed by atoms with van der Waals surface area (Å²) in [5, 5.41) is 9.27. The van der Waals surface area contributed by atoms with Crippen molar-refractivity contribution in [2.45, 2.75) is 50.9 Å². The van der Waals surface area contributed by atoms with E-state index in [-0.39, 0.29) is 6.42 Å². The molecule has 0 fully saturated rings. The molecule has 0 saturated heterocycles. The van der Waals surface area contributed by atoms with E-state index in [0.29, 0.717) is 32.1 Å². The molecule has 0 aromatic rings. The van der Waals surface area contributed by atoms with E-state index in [1.54, 1.807) is 6.92 Å². The fourth-order valence-corrected chi connectivity index (χ4v) is 1.22. The minimum atomic E-state index is -4.71. The molecule has 17 heavy (non-hydrogen) atoms. The zero-order valence-corrected chi connectivity index (χ0v) is 10.1. The van der Waals surface area contributed by atoms with Crippen molar-refractivity contribution in [1.29, 1.82) is 0 Å². The molecular weight excluding hydrogens is 235 g/mol. The molecule has 0 amide bonds. The molecule has 0 aromatic heterocycles. The first-order valence-corrected chi connectivity index (χ1v) is 5.40. The van der Waals surface area contributed by atoms with Crippen molar-refractivity contribution in [2.75, 3.05) is 6.54 Å². The van der Waals surface area contributed by atoms with Gasteiger partial charge in [0.25, 0.3) is 0 Å². The minimum absolute atomic E-state index is 0.0889. The number of nitrogens with zero attached hydrogens (tertiary/aromatic N) is 1. The molecule has 2 unspecified atom stereocenters. The van der Waals surface area contributed by atoms with E-state index in [1.165, 1.54) is 0 Å². The van der Waals surface area contributed by atoms with Crippen molar-refractivity contribution in [3.63, 3.8) is 0 Å². The highest BCUT2D eigenvalue weighted by Gasteiger charge is 2.53. The lowest BCUT2D eigenvalue weighted by molar-refractivity contribution is -0.260. The topological polar surface area (TPSA) is 84.6 Å². The van der Waals surface area contributed by atoms with Gasteiger partial charge in [-0.25, -0.2) is 0 Å². The minimum Gasteiger partial charge on any atom is -0.388 e.